The standard InChI is InChI=1S/C11H11BrCl2F3NO/c12-7-4-8(13)10(9(14)5-7)18-2-1-3-19-6-11(15,16)17/h4-5,18H,1-3,6H2. The van der Waals surface area contributed by atoms with Crippen LogP contribution in [-0.4, -0.2) is 25.9 Å². The highest BCUT2D eigenvalue weighted by Crippen LogP contribution is 2.33. The van der Waals surface area contributed by atoms with E-state index in [9.17, 15) is 13.2 Å². The van der Waals surface area contributed by atoms with Gasteiger partial charge in [0.05, 0.1) is 15.7 Å². The van der Waals surface area contributed by atoms with E-state index in [0.717, 1.165) is 4.47 Å². The highest BCUT2D eigenvalue weighted by atomic mass is 79.9. The van der Waals surface area contributed by atoms with E-state index in [4.69, 9.17) is 23.2 Å². The third-order valence-corrected chi connectivity index (χ3v) is 3.09. The lowest BCUT2D eigenvalue weighted by atomic mass is 10.3. The van der Waals surface area contributed by atoms with E-state index >= 15 is 0 Å². The van der Waals surface area contributed by atoms with Crippen molar-refractivity contribution in [1.29, 1.82) is 0 Å². The Balaban J connectivity index is 2.30. The van der Waals surface area contributed by atoms with E-state index in [2.05, 4.69) is 26.0 Å². The fourth-order valence-electron chi connectivity index (χ4n) is 1.29. The zero-order valence-corrected chi connectivity index (χ0v) is 12.8. The molecule has 1 aromatic rings. The van der Waals surface area contributed by atoms with Gasteiger partial charge < -0.3 is 10.1 Å². The van der Waals surface area contributed by atoms with Gasteiger partial charge in [-0.05, 0) is 18.6 Å². The Morgan fingerprint density at radius 1 is 1.21 bits per heavy atom. The second kappa shape index (κ2) is 7.57. The van der Waals surface area contributed by atoms with Crippen molar-refractivity contribution in [2.75, 3.05) is 25.1 Å². The number of halogens is 6. The van der Waals surface area contributed by atoms with Crippen LogP contribution in [0.15, 0.2) is 16.6 Å². The molecule has 0 heterocycles. The molecule has 0 fully saturated rings. The second-order valence-electron chi connectivity index (χ2n) is 3.69. The quantitative estimate of drug-likeness (QED) is 0.690. The molecule has 0 radical (unpaired) electrons. The number of hydrogen-bond acceptors (Lipinski definition) is 2. The van der Waals surface area contributed by atoms with E-state index in [1.165, 1.54) is 0 Å². The molecule has 0 spiro atoms. The molecule has 1 rings (SSSR count). The Bertz CT molecular complexity index is 406. The molecule has 0 aromatic heterocycles. The number of benzene rings is 1. The van der Waals surface area contributed by atoms with E-state index in [0.29, 0.717) is 28.7 Å². The molecule has 0 aliphatic rings. The van der Waals surface area contributed by atoms with Crippen molar-refractivity contribution in [2.24, 2.45) is 0 Å². The van der Waals surface area contributed by atoms with Crippen LogP contribution in [0.4, 0.5) is 18.9 Å². The normalized spacial score (nSPS) is 11.7. The summed E-state index contributed by atoms with van der Waals surface area (Å²) in [6.45, 7) is -0.802. The third-order valence-electron chi connectivity index (χ3n) is 2.04. The zero-order chi connectivity index (χ0) is 14.5. The van der Waals surface area contributed by atoms with Gasteiger partial charge in [0, 0.05) is 17.6 Å². The predicted molar refractivity (Wildman–Crippen MR) is 74.1 cm³/mol. The van der Waals surface area contributed by atoms with Crippen LogP contribution in [0.5, 0.6) is 0 Å². The van der Waals surface area contributed by atoms with Gasteiger partial charge in [0.15, 0.2) is 0 Å². The Kier molecular flexibility index (Phi) is 6.73. The molecular formula is C11H11BrCl2F3NO. The first-order valence-electron chi connectivity index (χ1n) is 5.32. The molecule has 0 bridgehead atoms. The minimum absolute atomic E-state index is 0.0122. The van der Waals surface area contributed by atoms with Gasteiger partial charge in [-0.2, -0.15) is 13.2 Å². The Labute approximate surface area is 127 Å². The van der Waals surface area contributed by atoms with Crippen LogP contribution >= 0.6 is 39.1 Å². The van der Waals surface area contributed by atoms with Gasteiger partial charge >= 0.3 is 6.18 Å². The largest absolute Gasteiger partial charge is 0.411 e. The summed E-state index contributed by atoms with van der Waals surface area (Å²) in [4.78, 5) is 0. The molecule has 0 amide bonds. The minimum Gasteiger partial charge on any atom is -0.383 e. The smallest absolute Gasteiger partial charge is 0.383 e. The molecule has 2 nitrogen and oxygen atoms in total. The number of anilines is 1. The fraction of sp³-hybridized carbons (Fsp3) is 0.455. The summed E-state index contributed by atoms with van der Waals surface area (Å²) in [6.07, 6.45) is -3.87. The third kappa shape index (κ3) is 6.70. The number of rotatable bonds is 6. The highest BCUT2D eigenvalue weighted by Gasteiger charge is 2.27. The maximum absolute atomic E-state index is 11.8. The van der Waals surface area contributed by atoms with E-state index in [1.807, 2.05) is 0 Å². The monoisotopic (exact) mass is 379 g/mol. The van der Waals surface area contributed by atoms with Crippen LogP contribution in [0.3, 0.4) is 0 Å². The summed E-state index contributed by atoms with van der Waals surface area (Å²) in [5.41, 5.74) is 0.558. The van der Waals surface area contributed by atoms with Crippen molar-refractivity contribution >= 4 is 44.8 Å². The number of alkyl halides is 3. The number of hydrogen-bond donors (Lipinski definition) is 1. The maximum atomic E-state index is 11.8. The van der Waals surface area contributed by atoms with Gasteiger partial charge in [0.1, 0.15) is 6.61 Å². The molecule has 0 atom stereocenters. The first kappa shape index (κ1) is 16.9. The van der Waals surface area contributed by atoms with E-state index in [-0.39, 0.29) is 6.61 Å². The van der Waals surface area contributed by atoms with Crippen LogP contribution in [0.25, 0.3) is 0 Å². The van der Waals surface area contributed by atoms with E-state index < -0.39 is 12.8 Å². The van der Waals surface area contributed by atoms with Crippen molar-refractivity contribution in [3.8, 4) is 0 Å². The summed E-state index contributed by atoms with van der Waals surface area (Å²) < 4.78 is 40.6. The molecule has 1 aromatic carbocycles. The van der Waals surface area contributed by atoms with Crippen molar-refractivity contribution in [3.63, 3.8) is 0 Å². The van der Waals surface area contributed by atoms with Crippen molar-refractivity contribution in [3.05, 3.63) is 26.7 Å². The zero-order valence-electron chi connectivity index (χ0n) is 9.66. The van der Waals surface area contributed by atoms with Gasteiger partial charge in [-0.1, -0.05) is 39.1 Å². The molecule has 0 saturated heterocycles. The molecule has 108 valence electrons. The van der Waals surface area contributed by atoms with Crippen LogP contribution in [0, 0.1) is 0 Å². The molecule has 0 saturated carbocycles. The molecule has 19 heavy (non-hydrogen) atoms. The van der Waals surface area contributed by atoms with Crippen LogP contribution < -0.4 is 5.32 Å². The van der Waals surface area contributed by atoms with Crippen LogP contribution in [0.2, 0.25) is 10.0 Å². The summed E-state index contributed by atoms with van der Waals surface area (Å²) in [5, 5.41) is 3.84. The first-order chi connectivity index (χ1) is 8.79. The van der Waals surface area contributed by atoms with E-state index in [1.54, 1.807) is 12.1 Å². The van der Waals surface area contributed by atoms with Crippen LogP contribution in [-0.2, 0) is 4.74 Å². The average Bonchev–Trinajstić information content (AvgIpc) is 2.24. The molecule has 0 aliphatic carbocycles. The van der Waals surface area contributed by atoms with Crippen molar-refractivity contribution in [2.45, 2.75) is 12.6 Å². The lowest BCUT2D eigenvalue weighted by molar-refractivity contribution is -0.173. The highest BCUT2D eigenvalue weighted by molar-refractivity contribution is 9.10. The van der Waals surface area contributed by atoms with Gasteiger partial charge in [0.2, 0.25) is 0 Å². The Hall–Kier alpha value is -0.170. The summed E-state index contributed by atoms with van der Waals surface area (Å²) >= 11 is 15.2. The molecule has 8 heteroatoms. The fourth-order valence-corrected chi connectivity index (χ4v) is 2.63. The average molecular weight is 381 g/mol. The Morgan fingerprint density at radius 2 is 1.79 bits per heavy atom. The lowest BCUT2D eigenvalue weighted by Gasteiger charge is -2.11. The van der Waals surface area contributed by atoms with Gasteiger partial charge in [0.25, 0.3) is 0 Å². The minimum atomic E-state index is -4.29. The van der Waals surface area contributed by atoms with Crippen LogP contribution in [0.1, 0.15) is 6.42 Å². The summed E-state index contributed by atoms with van der Waals surface area (Å²) in [5.74, 6) is 0. The maximum Gasteiger partial charge on any atom is 0.411 e. The number of ether oxygens (including phenoxy) is 1. The predicted octanol–water partition coefficient (Wildman–Crippen LogP) is 5.14. The summed E-state index contributed by atoms with van der Waals surface area (Å²) in [7, 11) is 0. The first-order valence-corrected chi connectivity index (χ1v) is 6.87. The summed E-state index contributed by atoms with van der Waals surface area (Å²) in [6, 6.07) is 3.35. The molecule has 0 aliphatic heterocycles. The second-order valence-corrected chi connectivity index (χ2v) is 5.42. The molecule has 1 N–H and O–H groups in total. The molecule has 0 unspecified atom stereocenters. The lowest BCUT2D eigenvalue weighted by Crippen LogP contribution is -2.18. The molecular weight excluding hydrogens is 370 g/mol. The number of nitrogens with one attached hydrogen (secondary N) is 1. The van der Waals surface area contributed by atoms with Crippen molar-refractivity contribution < 1.29 is 17.9 Å². The van der Waals surface area contributed by atoms with Crippen molar-refractivity contribution in [1.82, 2.24) is 0 Å². The van der Waals surface area contributed by atoms with Gasteiger partial charge in [-0.15, -0.1) is 0 Å². The SMILES string of the molecule is FC(F)(F)COCCCNc1c(Cl)cc(Br)cc1Cl. The Morgan fingerprint density at radius 3 is 2.32 bits per heavy atom. The van der Waals surface area contributed by atoms with Gasteiger partial charge in [-0.3, -0.25) is 0 Å². The van der Waals surface area contributed by atoms with Gasteiger partial charge in [-0.25, -0.2) is 0 Å². The topological polar surface area (TPSA) is 21.3 Å².